The number of rotatable bonds is 1. The van der Waals surface area contributed by atoms with E-state index in [2.05, 4.69) is 30.5 Å². The summed E-state index contributed by atoms with van der Waals surface area (Å²) in [6, 6.07) is 8.46. The molecule has 0 aromatic heterocycles. The zero-order valence-corrected chi connectivity index (χ0v) is 11.6. The molecule has 0 unspecified atom stereocenters. The summed E-state index contributed by atoms with van der Waals surface area (Å²) in [5.41, 5.74) is 1.90. The molecule has 102 valence electrons. The minimum absolute atomic E-state index is 0.0376. The summed E-state index contributed by atoms with van der Waals surface area (Å²) in [4.78, 5) is 14.5. The largest absolute Gasteiger partial charge is 0.322 e. The van der Waals surface area contributed by atoms with Crippen LogP contribution in [0, 0.1) is 0 Å². The average Bonchev–Trinajstić information content (AvgIpc) is 2.39. The number of urea groups is 1. The number of nitrogens with zero attached hydrogens (tertiary/aromatic N) is 1. The van der Waals surface area contributed by atoms with Gasteiger partial charge in [0.2, 0.25) is 0 Å². The van der Waals surface area contributed by atoms with Crippen LogP contribution in [-0.4, -0.2) is 30.1 Å². The van der Waals surface area contributed by atoms with Crippen LogP contribution in [0.5, 0.6) is 0 Å². The van der Waals surface area contributed by atoms with Crippen LogP contribution in [0.25, 0.3) is 0 Å². The number of piperidine rings is 1. The number of hydrogen-bond acceptors (Lipinski definition) is 2. The molecule has 0 saturated carbocycles. The fourth-order valence-electron chi connectivity index (χ4n) is 3.37. The molecule has 1 aromatic rings. The number of carbonyl (C=O) groups is 1. The molecule has 4 heteroatoms. The van der Waals surface area contributed by atoms with Crippen LogP contribution in [0.4, 0.5) is 10.5 Å². The number of fused-ring (bicyclic) bond motifs is 1. The quantitative estimate of drug-likeness (QED) is 0.814. The third-order valence-electron chi connectivity index (χ3n) is 4.32. The molecular formula is C15H21N3O. The molecule has 2 amide bonds. The zero-order valence-electron chi connectivity index (χ0n) is 11.6. The zero-order chi connectivity index (χ0) is 13.5. The smallest absolute Gasteiger partial charge is 0.317 e. The van der Waals surface area contributed by atoms with Crippen molar-refractivity contribution in [2.45, 2.75) is 38.3 Å². The summed E-state index contributed by atoms with van der Waals surface area (Å²) in [5.74, 6) is 0. The van der Waals surface area contributed by atoms with E-state index in [-0.39, 0.29) is 11.6 Å². The van der Waals surface area contributed by atoms with Gasteiger partial charge in [0.05, 0.1) is 5.54 Å². The van der Waals surface area contributed by atoms with Gasteiger partial charge in [-0.25, -0.2) is 4.79 Å². The van der Waals surface area contributed by atoms with Crippen molar-refractivity contribution in [3.05, 3.63) is 29.8 Å². The molecule has 0 radical (unpaired) electrons. The first-order valence-electron chi connectivity index (χ1n) is 7.01. The number of anilines is 1. The number of amides is 2. The number of para-hydroxylation sites is 1. The van der Waals surface area contributed by atoms with Gasteiger partial charge in [-0.05, 0) is 45.8 Å². The van der Waals surface area contributed by atoms with Gasteiger partial charge in [0, 0.05) is 17.3 Å². The second-order valence-corrected chi connectivity index (χ2v) is 5.89. The van der Waals surface area contributed by atoms with Crippen molar-refractivity contribution in [2.75, 3.05) is 18.4 Å². The average molecular weight is 259 g/mol. The Balaban J connectivity index is 1.99. The summed E-state index contributed by atoms with van der Waals surface area (Å²) in [7, 11) is 0. The molecule has 2 aliphatic heterocycles. The van der Waals surface area contributed by atoms with Crippen LogP contribution in [0.15, 0.2) is 24.3 Å². The Morgan fingerprint density at radius 2 is 1.89 bits per heavy atom. The van der Waals surface area contributed by atoms with E-state index in [0.29, 0.717) is 6.04 Å². The molecule has 0 bridgehead atoms. The number of carbonyl (C=O) groups excluding carboxylic acids is 1. The third kappa shape index (κ3) is 2.00. The summed E-state index contributed by atoms with van der Waals surface area (Å²) in [6.45, 7) is 6.28. The Hall–Kier alpha value is -1.55. The number of benzene rings is 1. The van der Waals surface area contributed by atoms with Crippen molar-refractivity contribution in [3.8, 4) is 0 Å². The second-order valence-electron chi connectivity index (χ2n) is 5.89. The van der Waals surface area contributed by atoms with Crippen LogP contribution in [0.1, 0.15) is 32.3 Å². The molecule has 0 atom stereocenters. The maximum absolute atomic E-state index is 12.5. The molecular weight excluding hydrogens is 238 g/mol. The van der Waals surface area contributed by atoms with Gasteiger partial charge in [0.1, 0.15) is 0 Å². The minimum atomic E-state index is -0.249. The summed E-state index contributed by atoms with van der Waals surface area (Å²) in [5, 5.41) is 6.39. The molecule has 1 saturated heterocycles. The molecule has 1 aromatic carbocycles. The Morgan fingerprint density at radius 3 is 2.63 bits per heavy atom. The molecule has 19 heavy (non-hydrogen) atoms. The highest BCUT2D eigenvalue weighted by Crippen LogP contribution is 2.39. The van der Waals surface area contributed by atoms with E-state index < -0.39 is 0 Å². The highest BCUT2D eigenvalue weighted by molar-refractivity contribution is 5.94. The van der Waals surface area contributed by atoms with Gasteiger partial charge in [0.15, 0.2) is 0 Å². The van der Waals surface area contributed by atoms with Crippen molar-refractivity contribution in [3.63, 3.8) is 0 Å². The van der Waals surface area contributed by atoms with E-state index in [9.17, 15) is 4.79 Å². The normalized spacial score (nSPS) is 22.8. The van der Waals surface area contributed by atoms with Crippen LogP contribution in [-0.2, 0) is 5.54 Å². The maximum Gasteiger partial charge on any atom is 0.322 e. The fraction of sp³-hybridized carbons (Fsp3) is 0.533. The maximum atomic E-state index is 12.5. The molecule has 2 N–H and O–H groups in total. The Labute approximate surface area is 114 Å². The van der Waals surface area contributed by atoms with Gasteiger partial charge in [-0.15, -0.1) is 0 Å². The van der Waals surface area contributed by atoms with Gasteiger partial charge in [-0.3, -0.25) is 0 Å². The molecule has 3 rings (SSSR count). The monoisotopic (exact) mass is 259 g/mol. The summed E-state index contributed by atoms with van der Waals surface area (Å²) in [6.07, 6.45) is 2.05. The standard InChI is InChI=1S/C15H21N3O/c1-15(2)12-5-3-4-6-13(12)17-14(19)18(15)11-7-9-16-10-8-11/h3-6,11,16H,7-10H2,1-2H3,(H,17,19). The second kappa shape index (κ2) is 4.53. The predicted molar refractivity (Wildman–Crippen MR) is 76.2 cm³/mol. The van der Waals surface area contributed by atoms with Gasteiger partial charge < -0.3 is 15.5 Å². The van der Waals surface area contributed by atoms with Gasteiger partial charge >= 0.3 is 6.03 Å². The van der Waals surface area contributed by atoms with Crippen molar-refractivity contribution >= 4 is 11.7 Å². The first kappa shape index (κ1) is 12.5. The third-order valence-corrected chi connectivity index (χ3v) is 4.32. The van der Waals surface area contributed by atoms with E-state index in [1.807, 2.05) is 23.1 Å². The Kier molecular flexibility index (Phi) is 2.97. The van der Waals surface area contributed by atoms with Crippen molar-refractivity contribution in [1.29, 1.82) is 0 Å². The molecule has 2 heterocycles. The van der Waals surface area contributed by atoms with Gasteiger partial charge in [-0.2, -0.15) is 0 Å². The molecule has 1 fully saturated rings. The van der Waals surface area contributed by atoms with Crippen LogP contribution < -0.4 is 10.6 Å². The van der Waals surface area contributed by atoms with E-state index in [1.54, 1.807) is 0 Å². The lowest BCUT2D eigenvalue weighted by atomic mass is 9.86. The molecule has 2 aliphatic rings. The Bertz CT molecular complexity index is 492. The lowest BCUT2D eigenvalue weighted by Crippen LogP contribution is -2.58. The van der Waals surface area contributed by atoms with E-state index in [1.165, 1.54) is 5.56 Å². The van der Waals surface area contributed by atoms with Crippen molar-refractivity contribution < 1.29 is 4.79 Å². The van der Waals surface area contributed by atoms with Crippen LogP contribution in [0.3, 0.4) is 0 Å². The fourth-order valence-corrected chi connectivity index (χ4v) is 3.37. The van der Waals surface area contributed by atoms with Gasteiger partial charge in [0.25, 0.3) is 0 Å². The van der Waals surface area contributed by atoms with Gasteiger partial charge in [-0.1, -0.05) is 18.2 Å². The van der Waals surface area contributed by atoms with E-state index in [0.717, 1.165) is 31.6 Å². The summed E-state index contributed by atoms with van der Waals surface area (Å²) >= 11 is 0. The topological polar surface area (TPSA) is 44.4 Å². The highest BCUT2D eigenvalue weighted by atomic mass is 16.2. The summed E-state index contributed by atoms with van der Waals surface area (Å²) < 4.78 is 0. The van der Waals surface area contributed by atoms with Crippen molar-refractivity contribution in [1.82, 2.24) is 10.2 Å². The molecule has 0 aliphatic carbocycles. The number of nitrogens with one attached hydrogen (secondary N) is 2. The molecule has 4 nitrogen and oxygen atoms in total. The highest BCUT2D eigenvalue weighted by Gasteiger charge is 2.42. The lowest BCUT2D eigenvalue weighted by Gasteiger charge is -2.48. The van der Waals surface area contributed by atoms with E-state index in [4.69, 9.17) is 0 Å². The Morgan fingerprint density at radius 1 is 1.21 bits per heavy atom. The number of hydrogen-bond donors (Lipinski definition) is 2. The van der Waals surface area contributed by atoms with E-state index >= 15 is 0 Å². The SMILES string of the molecule is CC1(C)c2ccccc2NC(=O)N1C1CCNCC1. The predicted octanol–water partition coefficient (Wildman–Crippen LogP) is 2.52. The minimum Gasteiger partial charge on any atom is -0.317 e. The van der Waals surface area contributed by atoms with Crippen molar-refractivity contribution in [2.24, 2.45) is 0 Å². The van der Waals surface area contributed by atoms with Crippen LogP contribution >= 0.6 is 0 Å². The lowest BCUT2D eigenvalue weighted by molar-refractivity contribution is 0.0868. The molecule has 0 spiro atoms. The first-order valence-corrected chi connectivity index (χ1v) is 7.01. The first-order chi connectivity index (χ1) is 9.10. The van der Waals surface area contributed by atoms with Crippen LogP contribution in [0.2, 0.25) is 0 Å².